The quantitative estimate of drug-likeness (QED) is 0.874. The summed E-state index contributed by atoms with van der Waals surface area (Å²) in [6, 6.07) is 8.30. The van der Waals surface area contributed by atoms with E-state index < -0.39 is 0 Å². The number of nitrogens with two attached hydrogens (primary N) is 1. The van der Waals surface area contributed by atoms with Gasteiger partial charge in [0.25, 0.3) is 0 Å². The van der Waals surface area contributed by atoms with Gasteiger partial charge in [-0.3, -0.25) is 0 Å². The maximum absolute atomic E-state index is 6.03. The van der Waals surface area contributed by atoms with E-state index in [0.29, 0.717) is 12.5 Å². The molecule has 1 saturated carbocycles. The summed E-state index contributed by atoms with van der Waals surface area (Å²) in [4.78, 5) is 0. The first-order chi connectivity index (χ1) is 7.64. The standard InChI is InChI=1S/C14H21NO.ClH/c1-3-11(2)12-6-4-5-7-13(12)16-10-14(15)8-9-14;/h4-7,11H,3,8-10,15H2,1-2H3;1H. The summed E-state index contributed by atoms with van der Waals surface area (Å²) in [6.45, 7) is 5.09. The van der Waals surface area contributed by atoms with Crippen LogP contribution in [0.3, 0.4) is 0 Å². The van der Waals surface area contributed by atoms with Crippen molar-refractivity contribution in [3.8, 4) is 5.75 Å². The SMILES string of the molecule is CCC(C)c1ccccc1OCC1(N)CC1.Cl. The van der Waals surface area contributed by atoms with E-state index in [1.807, 2.05) is 12.1 Å². The van der Waals surface area contributed by atoms with Crippen LogP contribution in [-0.4, -0.2) is 12.1 Å². The van der Waals surface area contributed by atoms with Gasteiger partial charge >= 0.3 is 0 Å². The summed E-state index contributed by atoms with van der Waals surface area (Å²) in [5.41, 5.74) is 7.29. The Labute approximate surface area is 110 Å². The molecule has 1 unspecified atom stereocenters. The highest BCUT2D eigenvalue weighted by molar-refractivity contribution is 5.85. The Morgan fingerprint density at radius 2 is 2.00 bits per heavy atom. The molecule has 1 aliphatic carbocycles. The van der Waals surface area contributed by atoms with Gasteiger partial charge in [0.1, 0.15) is 12.4 Å². The molecule has 1 aromatic rings. The van der Waals surface area contributed by atoms with Crippen LogP contribution in [0.4, 0.5) is 0 Å². The Morgan fingerprint density at radius 3 is 2.59 bits per heavy atom. The lowest BCUT2D eigenvalue weighted by Crippen LogP contribution is -2.30. The van der Waals surface area contributed by atoms with Gasteiger partial charge in [0.05, 0.1) is 5.54 Å². The zero-order chi connectivity index (χ0) is 11.6. The Kier molecular flexibility index (Phi) is 4.84. The zero-order valence-electron chi connectivity index (χ0n) is 10.6. The monoisotopic (exact) mass is 255 g/mol. The summed E-state index contributed by atoms with van der Waals surface area (Å²) in [5.74, 6) is 1.55. The molecule has 0 radical (unpaired) electrons. The number of halogens is 1. The van der Waals surface area contributed by atoms with Crippen molar-refractivity contribution in [1.82, 2.24) is 0 Å². The van der Waals surface area contributed by atoms with Crippen molar-refractivity contribution < 1.29 is 4.74 Å². The van der Waals surface area contributed by atoms with E-state index in [1.165, 1.54) is 5.56 Å². The molecule has 0 heterocycles. The third kappa shape index (κ3) is 3.62. The normalized spacial score (nSPS) is 18.1. The van der Waals surface area contributed by atoms with Crippen LogP contribution < -0.4 is 10.5 Å². The molecule has 1 fully saturated rings. The Morgan fingerprint density at radius 1 is 1.35 bits per heavy atom. The van der Waals surface area contributed by atoms with Crippen LogP contribution in [-0.2, 0) is 0 Å². The first-order valence-corrected chi connectivity index (χ1v) is 6.15. The number of benzene rings is 1. The Balaban J connectivity index is 0.00000144. The van der Waals surface area contributed by atoms with Gasteiger partial charge < -0.3 is 10.5 Å². The van der Waals surface area contributed by atoms with E-state index in [9.17, 15) is 0 Å². The van der Waals surface area contributed by atoms with E-state index in [2.05, 4.69) is 26.0 Å². The highest BCUT2D eigenvalue weighted by Gasteiger charge is 2.39. The highest BCUT2D eigenvalue weighted by Crippen LogP contribution is 2.34. The van der Waals surface area contributed by atoms with Crippen LogP contribution >= 0.6 is 12.4 Å². The van der Waals surface area contributed by atoms with Crippen molar-refractivity contribution in [3.63, 3.8) is 0 Å². The molecule has 0 spiro atoms. The fourth-order valence-corrected chi connectivity index (χ4v) is 1.77. The molecule has 17 heavy (non-hydrogen) atoms. The van der Waals surface area contributed by atoms with Crippen molar-refractivity contribution >= 4 is 12.4 Å². The van der Waals surface area contributed by atoms with E-state index in [4.69, 9.17) is 10.5 Å². The minimum atomic E-state index is -0.0391. The largest absolute Gasteiger partial charge is 0.491 e. The average Bonchev–Trinajstić information content (AvgIpc) is 3.05. The van der Waals surface area contributed by atoms with Crippen LogP contribution in [0.2, 0.25) is 0 Å². The molecule has 2 rings (SSSR count). The highest BCUT2D eigenvalue weighted by atomic mass is 35.5. The molecule has 1 atom stereocenters. The van der Waals surface area contributed by atoms with Gasteiger partial charge in [0.2, 0.25) is 0 Å². The van der Waals surface area contributed by atoms with E-state index in [1.54, 1.807) is 0 Å². The second kappa shape index (κ2) is 5.74. The number of hydrogen-bond acceptors (Lipinski definition) is 2. The molecule has 0 bridgehead atoms. The zero-order valence-corrected chi connectivity index (χ0v) is 11.4. The summed E-state index contributed by atoms with van der Waals surface area (Å²) >= 11 is 0. The molecule has 1 aliphatic rings. The molecule has 0 saturated heterocycles. The summed E-state index contributed by atoms with van der Waals surface area (Å²) in [7, 11) is 0. The topological polar surface area (TPSA) is 35.2 Å². The van der Waals surface area contributed by atoms with Gasteiger partial charge in [0, 0.05) is 0 Å². The molecular weight excluding hydrogens is 234 g/mol. The molecule has 0 aromatic heterocycles. The van der Waals surface area contributed by atoms with Crippen LogP contribution in [0.25, 0.3) is 0 Å². The van der Waals surface area contributed by atoms with Gasteiger partial charge in [-0.1, -0.05) is 32.0 Å². The molecule has 0 amide bonds. The van der Waals surface area contributed by atoms with Crippen LogP contribution in [0.15, 0.2) is 24.3 Å². The van der Waals surface area contributed by atoms with Gasteiger partial charge in [-0.05, 0) is 36.8 Å². The first-order valence-electron chi connectivity index (χ1n) is 6.15. The van der Waals surface area contributed by atoms with E-state index >= 15 is 0 Å². The molecule has 3 heteroatoms. The van der Waals surface area contributed by atoms with E-state index in [0.717, 1.165) is 25.0 Å². The van der Waals surface area contributed by atoms with Crippen molar-refractivity contribution in [2.75, 3.05) is 6.61 Å². The smallest absolute Gasteiger partial charge is 0.122 e. The second-order valence-corrected chi connectivity index (χ2v) is 5.00. The molecule has 0 aliphatic heterocycles. The lowest BCUT2D eigenvalue weighted by Gasteiger charge is -2.17. The second-order valence-electron chi connectivity index (χ2n) is 5.00. The van der Waals surface area contributed by atoms with Crippen molar-refractivity contribution in [1.29, 1.82) is 0 Å². The minimum absolute atomic E-state index is 0. The number of para-hydroxylation sites is 1. The van der Waals surface area contributed by atoms with Crippen LogP contribution in [0.5, 0.6) is 5.75 Å². The number of ether oxygens (including phenoxy) is 1. The lowest BCUT2D eigenvalue weighted by molar-refractivity contribution is 0.275. The fraction of sp³-hybridized carbons (Fsp3) is 0.571. The number of hydrogen-bond donors (Lipinski definition) is 1. The number of rotatable bonds is 5. The summed E-state index contributed by atoms with van der Waals surface area (Å²) in [6.07, 6.45) is 3.32. The van der Waals surface area contributed by atoms with Crippen molar-refractivity contribution in [3.05, 3.63) is 29.8 Å². The Bertz CT molecular complexity index is 363. The lowest BCUT2D eigenvalue weighted by atomic mass is 9.98. The van der Waals surface area contributed by atoms with Gasteiger partial charge in [0.15, 0.2) is 0 Å². The molecule has 1 aromatic carbocycles. The molecule has 2 nitrogen and oxygen atoms in total. The molecular formula is C14H22ClNO. The molecule has 2 N–H and O–H groups in total. The summed E-state index contributed by atoms with van der Waals surface area (Å²) < 4.78 is 5.86. The van der Waals surface area contributed by atoms with Gasteiger partial charge in [-0.2, -0.15) is 0 Å². The molecule has 96 valence electrons. The van der Waals surface area contributed by atoms with Gasteiger partial charge in [-0.15, -0.1) is 12.4 Å². The summed E-state index contributed by atoms with van der Waals surface area (Å²) in [5, 5.41) is 0. The van der Waals surface area contributed by atoms with E-state index in [-0.39, 0.29) is 17.9 Å². The maximum atomic E-state index is 6.03. The van der Waals surface area contributed by atoms with Crippen LogP contribution in [0, 0.1) is 0 Å². The van der Waals surface area contributed by atoms with Gasteiger partial charge in [-0.25, -0.2) is 0 Å². The first kappa shape index (κ1) is 14.3. The predicted octanol–water partition coefficient (Wildman–Crippen LogP) is 3.49. The fourth-order valence-electron chi connectivity index (χ4n) is 1.77. The third-order valence-electron chi connectivity index (χ3n) is 3.47. The average molecular weight is 256 g/mol. The van der Waals surface area contributed by atoms with Crippen molar-refractivity contribution in [2.45, 2.75) is 44.6 Å². The predicted molar refractivity (Wildman–Crippen MR) is 74.0 cm³/mol. The maximum Gasteiger partial charge on any atom is 0.122 e. The minimum Gasteiger partial charge on any atom is -0.491 e. The van der Waals surface area contributed by atoms with Crippen molar-refractivity contribution in [2.24, 2.45) is 5.73 Å². The third-order valence-corrected chi connectivity index (χ3v) is 3.47. The Hall–Kier alpha value is -0.730. The van der Waals surface area contributed by atoms with Crippen LogP contribution in [0.1, 0.15) is 44.6 Å².